The Kier molecular flexibility index (Phi) is 4.34. The molecular formula is C11H13ClN2O3. The van der Waals surface area contributed by atoms with Crippen molar-refractivity contribution < 1.29 is 14.7 Å². The first-order valence-corrected chi connectivity index (χ1v) is 5.28. The molecule has 0 fully saturated rings. The van der Waals surface area contributed by atoms with Crippen molar-refractivity contribution in [1.29, 1.82) is 0 Å². The number of nitrogens with one attached hydrogen (secondary N) is 1. The van der Waals surface area contributed by atoms with Gasteiger partial charge in [-0.25, -0.2) is 0 Å². The number of carbonyl (C=O) groups excluding carboxylic acids is 2. The Morgan fingerprint density at radius 3 is 2.65 bits per heavy atom. The molecular weight excluding hydrogens is 244 g/mol. The molecule has 0 atom stereocenters. The Balaban J connectivity index is 2.85. The van der Waals surface area contributed by atoms with Crippen LogP contribution in [0.15, 0.2) is 18.2 Å². The van der Waals surface area contributed by atoms with E-state index >= 15 is 0 Å². The highest BCUT2D eigenvalue weighted by Gasteiger charge is 2.17. The third-order valence-corrected chi connectivity index (χ3v) is 2.43. The molecule has 1 aromatic rings. The van der Waals surface area contributed by atoms with Crippen molar-refractivity contribution in [3.63, 3.8) is 0 Å². The number of hydrogen-bond acceptors (Lipinski definition) is 3. The molecule has 1 aromatic carbocycles. The van der Waals surface area contributed by atoms with Gasteiger partial charge in [-0.15, -0.1) is 0 Å². The fraction of sp³-hybridized carbons (Fsp3) is 0.273. The first-order valence-electron chi connectivity index (χ1n) is 4.90. The second-order valence-corrected chi connectivity index (χ2v) is 3.93. The molecule has 17 heavy (non-hydrogen) atoms. The molecule has 5 nitrogen and oxygen atoms in total. The van der Waals surface area contributed by atoms with Gasteiger partial charge in [-0.3, -0.25) is 9.59 Å². The number of amides is 2. The van der Waals surface area contributed by atoms with Gasteiger partial charge < -0.3 is 15.3 Å². The van der Waals surface area contributed by atoms with Crippen molar-refractivity contribution in [1.82, 2.24) is 10.2 Å². The van der Waals surface area contributed by atoms with E-state index in [0.29, 0.717) is 5.02 Å². The van der Waals surface area contributed by atoms with Crippen molar-refractivity contribution in [2.45, 2.75) is 0 Å². The van der Waals surface area contributed by atoms with Gasteiger partial charge in [0.15, 0.2) is 0 Å². The number of hydrogen-bond donors (Lipinski definition) is 2. The monoisotopic (exact) mass is 256 g/mol. The van der Waals surface area contributed by atoms with Crippen LogP contribution in [-0.4, -0.2) is 42.5 Å². The zero-order valence-electron chi connectivity index (χ0n) is 9.53. The fourth-order valence-corrected chi connectivity index (χ4v) is 1.42. The lowest BCUT2D eigenvalue weighted by Gasteiger charge is -2.16. The van der Waals surface area contributed by atoms with E-state index < -0.39 is 5.91 Å². The molecule has 0 radical (unpaired) electrons. The average molecular weight is 257 g/mol. The topological polar surface area (TPSA) is 69.6 Å². The minimum Gasteiger partial charge on any atom is -0.507 e. The second kappa shape index (κ2) is 5.54. The predicted octanol–water partition coefficient (Wildman–Crippen LogP) is 0.864. The molecule has 2 N–H and O–H groups in total. The molecule has 0 aliphatic carbocycles. The highest BCUT2D eigenvalue weighted by molar-refractivity contribution is 6.30. The number of likely N-dealkylation sites (N-methyl/N-ethyl adjacent to an activating group) is 2. The summed E-state index contributed by atoms with van der Waals surface area (Å²) in [6.07, 6.45) is 0. The van der Waals surface area contributed by atoms with Crippen molar-refractivity contribution in [2.24, 2.45) is 0 Å². The van der Waals surface area contributed by atoms with Gasteiger partial charge in [0.2, 0.25) is 5.91 Å². The number of phenols is 1. The zero-order chi connectivity index (χ0) is 13.0. The van der Waals surface area contributed by atoms with Crippen LogP contribution in [0.5, 0.6) is 5.75 Å². The summed E-state index contributed by atoms with van der Waals surface area (Å²) in [5.74, 6) is -0.927. The van der Waals surface area contributed by atoms with E-state index in [1.54, 1.807) is 0 Å². The molecule has 0 aliphatic heterocycles. The average Bonchev–Trinajstić information content (AvgIpc) is 2.28. The summed E-state index contributed by atoms with van der Waals surface area (Å²) in [6, 6.07) is 4.20. The van der Waals surface area contributed by atoms with Gasteiger partial charge in [-0.1, -0.05) is 11.6 Å². The minimum atomic E-state index is -0.442. The van der Waals surface area contributed by atoms with Crippen LogP contribution in [0.25, 0.3) is 0 Å². The molecule has 92 valence electrons. The smallest absolute Gasteiger partial charge is 0.257 e. The predicted molar refractivity (Wildman–Crippen MR) is 64.1 cm³/mol. The van der Waals surface area contributed by atoms with E-state index in [0.717, 1.165) is 0 Å². The highest BCUT2D eigenvalue weighted by atomic mass is 35.5. The molecule has 0 heterocycles. The standard InChI is InChI=1S/C11H13ClN2O3/c1-13-10(16)6-14(2)11(17)8-4-3-7(12)5-9(8)15/h3-5,15H,6H2,1-2H3,(H,13,16). The van der Waals surface area contributed by atoms with Crippen LogP contribution >= 0.6 is 11.6 Å². The maximum atomic E-state index is 11.9. The van der Waals surface area contributed by atoms with Crippen molar-refractivity contribution in [2.75, 3.05) is 20.6 Å². The van der Waals surface area contributed by atoms with Gasteiger partial charge in [0.25, 0.3) is 5.91 Å². The molecule has 0 aliphatic rings. The normalized spacial score (nSPS) is 9.82. The Bertz CT molecular complexity index is 448. The van der Waals surface area contributed by atoms with Crippen LogP contribution in [-0.2, 0) is 4.79 Å². The SMILES string of the molecule is CNC(=O)CN(C)C(=O)c1ccc(Cl)cc1O. The summed E-state index contributed by atoms with van der Waals surface area (Å²) in [5, 5.41) is 12.3. The van der Waals surface area contributed by atoms with Crippen LogP contribution in [0, 0.1) is 0 Å². The lowest BCUT2D eigenvalue weighted by molar-refractivity contribution is -0.121. The third kappa shape index (κ3) is 3.35. The highest BCUT2D eigenvalue weighted by Crippen LogP contribution is 2.22. The number of nitrogens with zero attached hydrogens (tertiary/aromatic N) is 1. The Morgan fingerprint density at radius 2 is 2.12 bits per heavy atom. The first-order chi connectivity index (χ1) is 7.95. The third-order valence-electron chi connectivity index (χ3n) is 2.20. The molecule has 1 rings (SSSR count). The Hall–Kier alpha value is -1.75. The van der Waals surface area contributed by atoms with Gasteiger partial charge >= 0.3 is 0 Å². The molecule has 0 aromatic heterocycles. The van der Waals surface area contributed by atoms with Gasteiger partial charge in [0, 0.05) is 19.1 Å². The molecule has 0 bridgehead atoms. The number of benzene rings is 1. The van der Waals surface area contributed by atoms with E-state index in [1.165, 1.54) is 37.2 Å². The van der Waals surface area contributed by atoms with Crippen molar-refractivity contribution >= 4 is 23.4 Å². The second-order valence-electron chi connectivity index (χ2n) is 3.50. The zero-order valence-corrected chi connectivity index (χ0v) is 10.3. The van der Waals surface area contributed by atoms with E-state index in [9.17, 15) is 14.7 Å². The molecule has 6 heteroatoms. The fourth-order valence-electron chi connectivity index (χ4n) is 1.26. The van der Waals surface area contributed by atoms with E-state index in [-0.39, 0.29) is 23.8 Å². The van der Waals surface area contributed by atoms with Gasteiger partial charge in [0.1, 0.15) is 5.75 Å². The van der Waals surface area contributed by atoms with Crippen LogP contribution in [0.3, 0.4) is 0 Å². The maximum Gasteiger partial charge on any atom is 0.257 e. The lowest BCUT2D eigenvalue weighted by atomic mass is 10.2. The number of rotatable bonds is 3. The van der Waals surface area contributed by atoms with Crippen LogP contribution in [0.2, 0.25) is 5.02 Å². The number of aromatic hydroxyl groups is 1. The largest absolute Gasteiger partial charge is 0.507 e. The molecule has 0 saturated heterocycles. The van der Waals surface area contributed by atoms with Crippen LogP contribution in [0.4, 0.5) is 0 Å². The summed E-state index contributed by atoms with van der Waals surface area (Å²) in [4.78, 5) is 24.2. The van der Waals surface area contributed by atoms with Crippen LogP contribution in [0.1, 0.15) is 10.4 Å². The first kappa shape index (κ1) is 13.3. The minimum absolute atomic E-state index is 0.0720. The number of carbonyl (C=O) groups is 2. The lowest BCUT2D eigenvalue weighted by Crippen LogP contribution is -2.36. The quantitative estimate of drug-likeness (QED) is 0.843. The van der Waals surface area contributed by atoms with Gasteiger partial charge in [-0.2, -0.15) is 0 Å². The summed E-state index contributed by atoms with van der Waals surface area (Å²) >= 11 is 5.66. The summed E-state index contributed by atoms with van der Waals surface area (Å²) < 4.78 is 0. The molecule has 0 spiro atoms. The molecule has 0 unspecified atom stereocenters. The van der Waals surface area contributed by atoms with Crippen molar-refractivity contribution in [3.8, 4) is 5.75 Å². The van der Waals surface area contributed by atoms with E-state index in [2.05, 4.69) is 5.32 Å². The van der Waals surface area contributed by atoms with E-state index in [4.69, 9.17) is 11.6 Å². The summed E-state index contributed by atoms with van der Waals surface area (Å²) in [6.45, 7) is -0.0720. The summed E-state index contributed by atoms with van der Waals surface area (Å²) in [7, 11) is 2.96. The maximum absolute atomic E-state index is 11.9. The van der Waals surface area contributed by atoms with Gasteiger partial charge in [0.05, 0.1) is 12.1 Å². The Morgan fingerprint density at radius 1 is 1.47 bits per heavy atom. The molecule has 0 saturated carbocycles. The van der Waals surface area contributed by atoms with Gasteiger partial charge in [-0.05, 0) is 18.2 Å². The Labute approximate surface area is 104 Å². The summed E-state index contributed by atoms with van der Waals surface area (Å²) in [5.41, 5.74) is 0.112. The molecule has 2 amide bonds. The number of halogens is 1. The van der Waals surface area contributed by atoms with Crippen LogP contribution < -0.4 is 5.32 Å². The van der Waals surface area contributed by atoms with Crippen molar-refractivity contribution in [3.05, 3.63) is 28.8 Å². The number of phenolic OH excluding ortho intramolecular Hbond substituents is 1. The van der Waals surface area contributed by atoms with E-state index in [1.807, 2.05) is 0 Å².